The highest BCUT2D eigenvalue weighted by atomic mass is 35.5. The van der Waals surface area contributed by atoms with Gasteiger partial charge in [-0.3, -0.25) is 19.0 Å². The molecule has 2 heterocycles. The zero-order valence-electron chi connectivity index (χ0n) is 20.8. The predicted molar refractivity (Wildman–Crippen MR) is 135 cm³/mol. The van der Waals surface area contributed by atoms with Gasteiger partial charge in [-0.05, 0) is 82.7 Å². The summed E-state index contributed by atoms with van der Waals surface area (Å²) in [4.78, 5) is 40.3. The van der Waals surface area contributed by atoms with Gasteiger partial charge in [0, 0.05) is 45.5 Å². The number of carbonyl (C=O) groups is 2. The molecule has 1 aliphatic heterocycles. The zero-order valence-corrected chi connectivity index (χ0v) is 21.6. The van der Waals surface area contributed by atoms with Crippen molar-refractivity contribution in [3.63, 3.8) is 0 Å². The molecular weight excluding hydrogens is 450 g/mol. The lowest BCUT2D eigenvalue weighted by Crippen LogP contribution is -2.62. The first-order valence-electron chi connectivity index (χ1n) is 11.8. The Labute approximate surface area is 206 Å². The Bertz CT molecular complexity index is 1190. The number of fused-ring (bicyclic) bond motifs is 1. The van der Waals surface area contributed by atoms with Crippen LogP contribution in [0.3, 0.4) is 0 Å². The van der Waals surface area contributed by atoms with E-state index < -0.39 is 11.5 Å². The van der Waals surface area contributed by atoms with Gasteiger partial charge in [-0.1, -0.05) is 25.4 Å². The van der Waals surface area contributed by atoms with E-state index >= 15 is 0 Å². The van der Waals surface area contributed by atoms with Crippen molar-refractivity contribution in [1.29, 1.82) is 0 Å². The van der Waals surface area contributed by atoms with Crippen LogP contribution in [0.25, 0.3) is 5.69 Å². The fourth-order valence-corrected chi connectivity index (χ4v) is 5.95. The molecule has 0 unspecified atom stereocenters. The Kier molecular flexibility index (Phi) is 6.06. The van der Waals surface area contributed by atoms with Crippen molar-refractivity contribution in [2.75, 3.05) is 0 Å². The Morgan fingerprint density at radius 3 is 2.18 bits per heavy atom. The number of nitrogens with one attached hydrogen (secondary N) is 2. The number of benzene rings is 1. The number of hydrogen-bond donors (Lipinski definition) is 2. The molecule has 0 atom stereocenters. The van der Waals surface area contributed by atoms with Gasteiger partial charge in [-0.25, -0.2) is 0 Å². The van der Waals surface area contributed by atoms with Crippen LogP contribution in [0.1, 0.15) is 87.2 Å². The van der Waals surface area contributed by atoms with Crippen molar-refractivity contribution in [2.45, 2.75) is 84.3 Å². The monoisotopic (exact) mass is 483 g/mol. The van der Waals surface area contributed by atoms with Gasteiger partial charge in [0.05, 0.1) is 0 Å². The standard InChI is InChI=1S/C27H34ClN3O3/c1-25(2)14-21-19(22(32)15-25)11-20(24(34)31(21)18-9-7-16(28)8-10-18)23(33)29-17-12-26(3,4)30-27(5,6)13-17/h7-11,17,30H,12-15H2,1-6H3,(H,29,33). The van der Waals surface area contributed by atoms with Crippen molar-refractivity contribution < 1.29 is 9.59 Å². The average molecular weight is 484 g/mol. The number of hydrogen-bond acceptors (Lipinski definition) is 4. The van der Waals surface area contributed by atoms with Gasteiger partial charge in [0.25, 0.3) is 11.5 Å². The third kappa shape index (κ3) is 4.98. The molecule has 0 saturated carbocycles. The first kappa shape index (κ1) is 24.7. The van der Waals surface area contributed by atoms with E-state index in [2.05, 4.69) is 38.3 Å². The van der Waals surface area contributed by atoms with E-state index in [1.807, 2.05) is 13.8 Å². The molecule has 6 nitrogen and oxygen atoms in total. The van der Waals surface area contributed by atoms with Gasteiger partial charge in [-0.2, -0.15) is 0 Å². The second-order valence-electron chi connectivity index (χ2n) is 11.9. The summed E-state index contributed by atoms with van der Waals surface area (Å²) in [5.41, 5.74) is 0.684. The van der Waals surface area contributed by atoms with Gasteiger partial charge in [0.2, 0.25) is 0 Å². The number of piperidine rings is 1. The molecule has 0 spiro atoms. The van der Waals surface area contributed by atoms with E-state index in [-0.39, 0.29) is 33.9 Å². The van der Waals surface area contributed by atoms with Gasteiger partial charge >= 0.3 is 0 Å². The van der Waals surface area contributed by atoms with Crippen molar-refractivity contribution in [2.24, 2.45) is 5.41 Å². The smallest absolute Gasteiger partial charge is 0.268 e. The van der Waals surface area contributed by atoms with Gasteiger partial charge in [-0.15, -0.1) is 0 Å². The molecule has 4 rings (SSSR count). The van der Waals surface area contributed by atoms with E-state index in [0.717, 1.165) is 12.8 Å². The van der Waals surface area contributed by atoms with Gasteiger partial charge in [0.1, 0.15) is 5.56 Å². The van der Waals surface area contributed by atoms with Crippen LogP contribution in [0, 0.1) is 5.41 Å². The van der Waals surface area contributed by atoms with Crippen LogP contribution in [0.5, 0.6) is 0 Å². The molecule has 0 bridgehead atoms. The molecular formula is C27H34ClN3O3. The van der Waals surface area contributed by atoms with E-state index in [1.165, 1.54) is 10.6 Å². The van der Waals surface area contributed by atoms with Crippen molar-refractivity contribution in [3.05, 3.63) is 62.5 Å². The molecule has 0 radical (unpaired) electrons. The fourth-order valence-electron chi connectivity index (χ4n) is 5.83. The summed E-state index contributed by atoms with van der Waals surface area (Å²) in [6.45, 7) is 12.5. The summed E-state index contributed by atoms with van der Waals surface area (Å²) in [5.74, 6) is -0.487. The van der Waals surface area contributed by atoms with E-state index in [9.17, 15) is 14.4 Å². The maximum absolute atomic E-state index is 13.7. The van der Waals surface area contributed by atoms with Crippen LogP contribution in [-0.4, -0.2) is 33.4 Å². The van der Waals surface area contributed by atoms with Crippen molar-refractivity contribution in [3.8, 4) is 5.69 Å². The summed E-state index contributed by atoms with van der Waals surface area (Å²) in [6.07, 6.45) is 2.41. The molecule has 2 aromatic rings. The van der Waals surface area contributed by atoms with Crippen LogP contribution in [0.2, 0.25) is 5.02 Å². The lowest BCUT2D eigenvalue weighted by atomic mass is 9.75. The first-order chi connectivity index (χ1) is 15.7. The number of rotatable bonds is 3. The molecule has 1 aromatic heterocycles. The molecule has 2 aliphatic rings. The van der Waals surface area contributed by atoms with Crippen LogP contribution in [-0.2, 0) is 6.42 Å². The zero-order chi connectivity index (χ0) is 25.1. The van der Waals surface area contributed by atoms with E-state index in [1.54, 1.807) is 24.3 Å². The summed E-state index contributed by atoms with van der Waals surface area (Å²) in [5, 5.41) is 7.24. The molecule has 1 aliphatic carbocycles. The molecule has 182 valence electrons. The summed E-state index contributed by atoms with van der Waals surface area (Å²) < 4.78 is 1.52. The van der Waals surface area contributed by atoms with E-state index in [4.69, 9.17) is 11.6 Å². The minimum Gasteiger partial charge on any atom is -0.349 e. The number of pyridine rings is 1. The van der Waals surface area contributed by atoms with Crippen LogP contribution in [0.4, 0.5) is 0 Å². The summed E-state index contributed by atoms with van der Waals surface area (Å²) >= 11 is 6.08. The summed E-state index contributed by atoms with van der Waals surface area (Å²) in [7, 11) is 0. The molecule has 1 aromatic carbocycles. The summed E-state index contributed by atoms with van der Waals surface area (Å²) in [6, 6.07) is 8.32. The second kappa shape index (κ2) is 8.35. The molecule has 1 saturated heterocycles. The molecule has 1 fully saturated rings. The molecule has 34 heavy (non-hydrogen) atoms. The largest absolute Gasteiger partial charge is 0.349 e. The normalized spacial score (nSPS) is 21.1. The highest BCUT2D eigenvalue weighted by Gasteiger charge is 2.39. The van der Waals surface area contributed by atoms with Crippen molar-refractivity contribution >= 4 is 23.3 Å². The number of aromatic nitrogens is 1. The highest BCUT2D eigenvalue weighted by molar-refractivity contribution is 6.30. The minimum absolute atomic E-state index is 0.00380. The lowest BCUT2D eigenvalue weighted by Gasteiger charge is -2.46. The van der Waals surface area contributed by atoms with Crippen LogP contribution < -0.4 is 16.2 Å². The first-order valence-corrected chi connectivity index (χ1v) is 12.2. The number of amides is 1. The van der Waals surface area contributed by atoms with Crippen LogP contribution >= 0.6 is 11.6 Å². The van der Waals surface area contributed by atoms with E-state index in [0.29, 0.717) is 34.8 Å². The lowest BCUT2D eigenvalue weighted by molar-refractivity contribution is 0.0871. The molecule has 2 N–H and O–H groups in total. The quantitative estimate of drug-likeness (QED) is 0.664. The number of ketones is 1. The third-order valence-electron chi connectivity index (χ3n) is 6.74. The van der Waals surface area contributed by atoms with Gasteiger partial charge < -0.3 is 10.6 Å². The predicted octanol–water partition coefficient (Wildman–Crippen LogP) is 4.69. The van der Waals surface area contributed by atoms with Crippen molar-refractivity contribution in [1.82, 2.24) is 15.2 Å². The Morgan fingerprint density at radius 2 is 1.59 bits per heavy atom. The van der Waals surface area contributed by atoms with Gasteiger partial charge in [0.15, 0.2) is 5.78 Å². The third-order valence-corrected chi connectivity index (χ3v) is 7.00. The SMILES string of the molecule is CC1(C)CC(=O)c2cc(C(=O)NC3CC(C)(C)NC(C)(C)C3)c(=O)n(-c3ccc(Cl)cc3)c2C1. The number of halogens is 1. The minimum atomic E-state index is -0.438. The van der Waals surface area contributed by atoms with Crippen LogP contribution in [0.15, 0.2) is 35.1 Å². The highest BCUT2D eigenvalue weighted by Crippen LogP contribution is 2.35. The number of carbonyl (C=O) groups excluding carboxylic acids is 2. The fraction of sp³-hybridized carbons (Fsp3) is 0.519. The molecule has 7 heteroatoms. The Morgan fingerprint density at radius 1 is 1.00 bits per heavy atom. The maximum Gasteiger partial charge on any atom is 0.268 e. The average Bonchev–Trinajstić information content (AvgIpc) is 2.65. The molecule has 1 amide bonds. The topological polar surface area (TPSA) is 80.2 Å². The number of nitrogens with zero attached hydrogens (tertiary/aromatic N) is 1. The second-order valence-corrected chi connectivity index (χ2v) is 12.4. The Hall–Kier alpha value is -2.44. The maximum atomic E-state index is 13.7. The Balaban J connectivity index is 1.80. The number of Topliss-reactive ketones (excluding diaryl/α,β-unsaturated/α-hetero) is 1.